The minimum absolute atomic E-state index is 0.298. The summed E-state index contributed by atoms with van der Waals surface area (Å²) in [6.45, 7) is 3.98. The first kappa shape index (κ1) is 13.3. The van der Waals surface area contributed by atoms with Gasteiger partial charge in [-0.25, -0.2) is 4.79 Å². The minimum atomic E-state index is -1.95. The monoisotopic (exact) mass is 245 g/mol. The van der Waals surface area contributed by atoms with E-state index in [2.05, 4.69) is 6.92 Å². The Morgan fingerprint density at radius 2 is 1.85 bits per heavy atom. The van der Waals surface area contributed by atoms with Crippen molar-refractivity contribution in [3.05, 3.63) is 6.92 Å². The lowest BCUT2D eigenvalue weighted by Crippen LogP contribution is -2.22. The molecule has 1 radical (unpaired) electrons. The summed E-state index contributed by atoms with van der Waals surface area (Å²) in [7, 11) is 0. The highest BCUT2D eigenvalue weighted by atomic mass is 35.6. The van der Waals surface area contributed by atoms with Crippen LogP contribution in [0, 0.1) is 6.92 Å². The molecule has 0 heterocycles. The fraction of sp³-hybridized carbons (Fsp3) is 0.750. The molecule has 0 unspecified atom stereocenters. The number of hydrogen-bond donors (Lipinski definition) is 0. The van der Waals surface area contributed by atoms with E-state index >= 15 is 0 Å². The smallest absolute Gasteiger partial charge is 0.358 e. The molecular formula is C8H12Cl3O2. The van der Waals surface area contributed by atoms with Crippen LogP contribution in [0.1, 0.15) is 25.7 Å². The van der Waals surface area contributed by atoms with Crippen molar-refractivity contribution in [1.29, 1.82) is 0 Å². The first-order valence-electron chi connectivity index (χ1n) is 4.01. The highest BCUT2D eigenvalue weighted by Gasteiger charge is 2.32. The zero-order chi connectivity index (χ0) is 10.3. The average Bonchev–Trinajstić information content (AvgIpc) is 2.02. The van der Waals surface area contributed by atoms with Crippen molar-refractivity contribution in [2.45, 2.75) is 29.5 Å². The Labute approximate surface area is 93.5 Å². The molecule has 0 saturated carbocycles. The molecule has 0 aromatic carbocycles. The van der Waals surface area contributed by atoms with Crippen LogP contribution in [0.25, 0.3) is 0 Å². The van der Waals surface area contributed by atoms with Gasteiger partial charge in [0.05, 0.1) is 6.61 Å². The molecule has 13 heavy (non-hydrogen) atoms. The zero-order valence-electron chi connectivity index (χ0n) is 7.19. The number of rotatable bonds is 5. The summed E-state index contributed by atoms with van der Waals surface area (Å²) in [4.78, 5) is 10.9. The number of halogens is 3. The third kappa shape index (κ3) is 7.41. The third-order valence-electron chi connectivity index (χ3n) is 1.36. The Morgan fingerprint density at radius 3 is 2.31 bits per heavy atom. The maximum Gasteiger partial charge on any atom is 0.358 e. The second-order valence-electron chi connectivity index (χ2n) is 2.55. The molecule has 0 aliphatic heterocycles. The number of ether oxygens (including phenoxy) is 1. The Hall–Kier alpha value is 0.340. The number of esters is 1. The van der Waals surface area contributed by atoms with Crippen molar-refractivity contribution >= 4 is 40.8 Å². The summed E-state index contributed by atoms with van der Waals surface area (Å²) in [5, 5.41) is 0. The van der Waals surface area contributed by atoms with Gasteiger partial charge in [0.2, 0.25) is 0 Å². The maximum atomic E-state index is 10.9. The molecule has 0 aromatic heterocycles. The van der Waals surface area contributed by atoms with Gasteiger partial charge in [-0.2, -0.15) is 0 Å². The lowest BCUT2D eigenvalue weighted by Gasteiger charge is -2.09. The highest BCUT2D eigenvalue weighted by molar-refractivity contribution is 6.75. The van der Waals surface area contributed by atoms with Gasteiger partial charge >= 0.3 is 5.97 Å². The summed E-state index contributed by atoms with van der Waals surface area (Å²) < 4.78 is 2.75. The predicted octanol–water partition coefficient (Wildman–Crippen LogP) is 3.29. The van der Waals surface area contributed by atoms with E-state index in [0.717, 1.165) is 25.7 Å². The fourth-order valence-electron chi connectivity index (χ4n) is 0.702. The van der Waals surface area contributed by atoms with Gasteiger partial charge in [-0.05, 0) is 6.42 Å². The van der Waals surface area contributed by atoms with E-state index in [9.17, 15) is 4.79 Å². The van der Waals surface area contributed by atoms with Crippen molar-refractivity contribution in [2.75, 3.05) is 6.61 Å². The van der Waals surface area contributed by atoms with Gasteiger partial charge in [0, 0.05) is 0 Å². The van der Waals surface area contributed by atoms with Crippen LogP contribution in [-0.4, -0.2) is 16.4 Å². The Morgan fingerprint density at radius 1 is 1.23 bits per heavy atom. The van der Waals surface area contributed by atoms with Gasteiger partial charge in [0.1, 0.15) is 0 Å². The topological polar surface area (TPSA) is 26.3 Å². The summed E-state index contributed by atoms with van der Waals surface area (Å²) in [6.07, 6.45) is 3.66. The Balaban J connectivity index is 3.38. The van der Waals surface area contributed by atoms with Crippen LogP contribution in [0.5, 0.6) is 0 Å². The van der Waals surface area contributed by atoms with E-state index < -0.39 is 9.76 Å². The highest BCUT2D eigenvalue weighted by Crippen LogP contribution is 2.27. The summed E-state index contributed by atoms with van der Waals surface area (Å²) >= 11 is 15.8. The lowest BCUT2D eigenvalue weighted by molar-refractivity contribution is -0.142. The van der Waals surface area contributed by atoms with Gasteiger partial charge in [-0.15, -0.1) is 0 Å². The predicted molar refractivity (Wildman–Crippen MR) is 55.1 cm³/mol. The molecule has 0 fully saturated rings. The van der Waals surface area contributed by atoms with E-state index in [1.54, 1.807) is 0 Å². The van der Waals surface area contributed by atoms with E-state index in [1.807, 2.05) is 0 Å². The first-order valence-corrected chi connectivity index (χ1v) is 5.15. The average molecular weight is 247 g/mol. The molecule has 0 amide bonds. The van der Waals surface area contributed by atoms with Gasteiger partial charge in [-0.3, -0.25) is 0 Å². The maximum absolute atomic E-state index is 10.9. The van der Waals surface area contributed by atoms with E-state index in [-0.39, 0.29) is 0 Å². The zero-order valence-corrected chi connectivity index (χ0v) is 9.46. The van der Waals surface area contributed by atoms with Crippen molar-refractivity contribution < 1.29 is 9.53 Å². The molecule has 0 spiro atoms. The normalized spacial score (nSPS) is 11.4. The molecule has 77 valence electrons. The van der Waals surface area contributed by atoms with Crippen molar-refractivity contribution in [2.24, 2.45) is 0 Å². The summed E-state index contributed by atoms with van der Waals surface area (Å²) in [5.41, 5.74) is 0. The molecule has 2 nitrogen and oxygen atoms in total. The molecule has 0 aliphatic carbocycles. The third-order valence-corrected chi connectivity index (χ3v) is 1.82. The van der Waals surface area contributed by atoms with Crippen LogP contribution < -0.4 is 0 Å². The number of unbranched alkanes of at least 4 members (excludes halogenated alkanes) is 3. The number of carbonyl (C=O) groups excluding carboxylic acids is 1. The fourth-order valence-corrected chi connectivity index (χ4v) is 0.866. The van der Waals surface area contributed by atoms with E-state index in [1.165, 1.54) is 0 Å². The van der Waals surface area contributed by atoms with Gasteiger partial charge in [0.25, 0.3) is 3.79 Å². The summed E-state index contributed by atoms with van der Waals surface area (Å²) in [5.74, 6) is -0.813. The second kappa shape index (κ2) is 6.74. The van der Waals surface area contributed by atoms with Crippen molar-refractivity contribution in [3.8, 4) is 0 Å². The van der Waals surface area contributed by atoms with E-state index in [4.69, 9.17) is 39.5 Å². The number of alkyl halides is 3. The number of hydrogen-bond acceptors (Lipinski definition) is 2. The van der Waals surface area contributed by atoms with Gasteiger partial charge in [0.15, 0.2) is 0 Å². The molecule has 0 aromatic rings. The standard InChI is InChI=1S/C8H12Cl3O2/c1-2-3-4-5-6-13-7(12)8(9,10)11/h1-6H2. The SMILES string of the molecule is [CH2]CCCCCOC(=O)C(Cl)(Cl)Cl. The quantitative estimate of drug-likeness (QED) is 0.423. The van der Waals surface area contributed by atoms with Crippen LogP contribution in [0.15, 0.2) is 0 Å². The number of carbonyl (C=O) groups is 1. The van der Waals surface area contributed by atoms with Gasteiger partial charge in [-0.1, -0.05) is 61.0 Å². The van der Waals surface area contributed by atoms with Crippen LogP contribution in [0.3, 0.4) is 0 Å². The first-order chi connectivity index (χ1) is 5.98. The van der Waals surface area contributed by atoms with Crippen LogP contribution in [0.2, 0.25) is 0 Å². The van der Waals surface area contributed by atoms with E-state index in [0.29, 0.717) is 6.61 Å². The van der Waals surface area contributed by atoms with Gasteiger partial charge < -0.3 is 4.74 Å². The molecule has 5 heteroatoms. The molecule has 0 atom stereocenters. The van der Waals surface area contributed by atoms with Crippen LogP contribution in [0.4, 0.5) is 0 Å². The second-order valence-corrected chi connectivity index (χ2v) is 4.83. The molecule has 0 rings (SSSR count). The molecule has 0 bridgehead atoms. The molecule has 0 N–H and O–H groups in total. The largest absolute Gasteiger partial charge is 0.463 e. The van der Waals surface area contributed by atoms with Crippen LogP contribution in [-0.2, 0) is 9.53 Å². The van der Waals surface area contributed by atoms with Crippen molar-refractivity contribution in [3.63, 3.8) is 0 Å². The molecular weight excluding hydrogens is 234 g/mol. The minimum Gasteiger partial charge on any atom is -0.463 e. The van der Waals surface area contributed by atoms with Crippen LogP contribution >= 0.6 is 34.8 Å². The lowest BCUT2D eigenvalue weighted by atomic mass is 10.2. The summed E-state index contributed by atoms with van der Waals surface area (Å²) in [6, 6.07) is 0. The molecule has 0 aliphatic rings. The Kier molecular flexibility index (Phi) is 6.92. The Bertz CT molecular complexity index is 154. The molecule has 0 saturated heterocycles. The van der Waals surface area contributed by atoms with Crippen molar-refractivity contribution in [1.82, 2.24) is 0 Å².